The third kappa shape index (κ3) is 3.88. The number of carboxylic acids is 1. The summed E-state index contributed by atoms with van der Waals surface area (Å²) in [5.74, 6) is -0.700. The SMILES string of the molecule is O=C(O)c1ccccc1OCCOCCO. The van der Waals surface area contributed by atoms with Crippen molar-refractivity contribution < 1.29 is 24.5 Å². The molecule has 0 saturated heterocycles. The molecule has 0 unspecified atom stereocenters. The first-order valence-corrected chi connectivity index (χ1v) is 4.89. The van der Waals surface area contributed by atoms with Crippen LogP contribution in [0.1, 0.15) is 10.4 Å². The van der Waals surface area contributed by atoms with Crippen molar-refractivity contribution in [2.24, 2.45) is 0 Å². The number of hydrogen-bond acceptors (Lipinski definition) is 4. The van der Waals surface area contributed by atoms with Crippen LogP contribution in [0.25, 0.3) is 0 Å². The summed E-state index contributed by atoms with van der Waals surface area (Å²) in [4.78, 5) is 10.8. The molecule has 5 nitrogen and oxygen atoms in total. The van der Waals surface area contributed by atoms with Gasteiger partial charge in [0, 0.05) is 0 Å². The van der Waals surface area contributed by atoms with E-state index in [2.05, 4.69) is 0 Å². The van der Waals surface area contributed by atoms with Crippen LogP contribution in [0.2, 0.25) is 0 Å². The maximum absolute atomic E-state index is 10.8. The van der Waals surface area contributed by atoms with Gasteiger partial charge in [-0.3, -0.25) is 0 Å². The zero-order chi connectivity index (χ0) is 11.8. The van der Waals surface area contributed by atoms with Crippen LogP contribution in [0.5, 0.6) is 5.75 Å². The Kier molecular flexibility index (Phi) is 5.31. The molecule has 0 aliphatic carbocycles. The number of benzene rings is 1. The number of aliphatic hydroxyl groups is 1. The summed E-state index contributed by atoms with van der Waals surface area (Å²) < 4.78 is 10.2. The van der Waals surface area contributed by atoms with Gasteiger partial charge in [-0.2, -0.15) is 0 Å². The molecular weight excluding hydrogens is 212 g/mol. The molecule has 88 valence electrons. The van der Waals surface area contributed by atoms with Gasteiger partial charge in [-0.05, 0) is 12.1 Å². The normalized spacial score (nSPS) is 10.1. The van der Waals surface area contributed by atoms with Crippen molar-refractivity contribution in [1.82, 2.24) is 0 Å². The predicted octanol–water partition coefficient (Wildman–Crippen LogP) is 0.772. The smallest absolute Gasteiger partial charge is 0.339 e. The van der Waals surface area contributed by atoms with Crippen LogP contribution in [-0.4, -0.2) is 42.6 Å². The van der Waals surface area contributed by atoms with Crippen LogP contribution in [0.15, 0.2) is 24.3 Å². The molecule has 0 radical (unpaired) electrons. The Morgan fingerprint density at radius 1 is 1.19 bits per heavy atom. The van der Waals surface area contributed by atoms with E-state index in [1.807, 2.05) is 0 Å². The lowest BCUT2D eigenvalue weighted by molar-refractivity contribution is 0.0657. The summed E-state index contributed by atoms with van der Waals surface area (Å²) in [6.07, 6.45) is 0. The van der Waals surface area contributed by atoms with E-state index in [0.717, 1.165) is 0 Å². The Balaban J connectivity index is 2.44. The van der Waals surface area contributed by atoms with Gasteiger partial charge in [0.2, 0.25) is 0 Å². The highest BCUT2D eigenvalue weighted by Gasteiger charge is 2.09. The van der Waals surface area contributed by atoms with Crippen LogP contribution in [-0.2, 0) is 4.74 Å². The molecule has 0 spiro atoms. The zero-order valence-corrected chi connectivity index (χ0v) is 8.76. The van der Waals surface area contributed by atoms with Crippen LogP contribution in [0, 0.1) is 0 Å². The highest BCUT2D eigenvalue weighted by Crippen LogP contribution is 2.17. The van der Waals surface area contributed by atoms with Gasteiger partial charge in [-0.25, -0.2) is 4.79 Å². The second kappa shape index (κ2) is 6.81. The van der Waals surface area contributed by atoms with E-state index in [4.69, 9.17) is 19.7 Å². The van der Waals surface area contributed by atoms with Gasteiger partial charge in [0.05, 0.1) is 19.8 Å². The average molecular weight is 226 g/mol. The molecule has 0 saturated carbocycles. The maximum Gasteiger partial charge on any atom is 0.339 e. The van der Waals surface area contributed by atoms with Gasteiger partial charge >= 0.3 is 5.97 Å². The molecule has 0 amide bonds. The molecule has 0 atom stereocenters. The number of carboxylic acid groups (broad SMARTS) is 1. The summed E-state index contributed by atoms with van der Waals surface area (Å²) in [6, 6.07) is 6.41. The van der Waals surface area contributed by atoms with Crippen LogP contribution >= 0.6 is 0 Å². The van der Waals surface area contributed by atoms with Gasteiger partial charge in [0.15, 0.2) is 0 Å². The fourth-order valence-corrected chi connectivity index (χ4v) is 1.15. The monoisotopic (exact) mass is 226 g/mol. The molecule has 0 bridgehead atoms. The number of ether oxygens (including phenoxy) is 2. The quantitative estimate of drug-likeness (QED) is 0.672. The van der Waals surface area contributed by atoms with E-state index in [-0.39, 0.29) is 25.4 Å². The number of para-hydroxylation sites is 1. The van der Waals surface area contributed by atoms with E-state index in [9.17, 15) is 4.79 Å². The van der Waals surface area contributed by atoms with Crippen LogP contribution in [0.3, 0.4) is 0 Å². The second-order valence-electron chi connectivity index (χ2n) is 2.99. The molecule has 0 aromatic heterocycles. The molecule has 1 aromatic rings. The summed E-state index contributed by atoms with van der Waals surface area (Å²) in [7, 11) is 0. The Bertz CT molecular complexity index is 337. The molecule has 2 N–H and O–H groups in total. The summed E-state index contributed by atoms with van der Waals surface area (Å²) in [5, 5.41) is 17.3. The van der Waals surface area contributed by atoms with Gasteiger partial charge in [0.25, 0.3) is 0 Å². The highest BCUT2D eigenvalue weighted by atomic mass is 16.5. The van der Waals surface area contributed by atoms with Gasteiger partial charge in [-0.15, -0.1) is 0 Å². The first kappa shape index (κ1) is 12.5. The van der Waals surface area contributed by atoms with Gasteiger partial charge < -0.3 is 19.7 Å². The Morgan fingerprint density at radius 3 is 2.62 bits per heavy atom. The molecule has 16 heavy (non-hydrogen) atoms. The Labute approximate surface area is 93.2 Å². The number of carbonyl (C=O) groups is 1. The topological polar surface area (TPSA) is 76.0 Å². The minimum Gasteiger partial charge on any atom is -0.490 e. The van der Waals surface area contributed by atoms with Crippen molar-refractivity contribution in [2.75, 3.05) is 26.4 Å². The molecule has 0 aliphatic heterocycles. The number of aliphatic hydroxyl groups excluding tert-OH is 1. The lowest BCUT2D eigenvalue weighted by atomic mass is 10.2. The van der Waals surface area contributed by atoms with Crippen molar-refractivity contribution in [3.8, 4) is 5.75 Å². The van der Waals surface area contributed by atoms with Crippen molar-refractivity contribution in [3.05, 3.63) is 29.8 Å². The van der Waals surface area contributed by atoms with E-state index in [0.29, 0.717) is 12.4 Å². The lowest BCUT2D eigenvalue weighted by Gasteiger charge is -2.08. The number of rotatable bonds is 7. The first-order chi connectivity index (χ1) is 7.75. The minimum absolute atomic E-state index is 0.0360. The third-order valence-corrected chi connectivity index (χ3v) is 1.84. The fourth-order valence-electron chi connectivity index (χ4n) is 1.15. The molecule has 1 aromatic carbocycles. The first-order valence-electron chi connectivity index (χ1n) is 4.89. The molecule has 0 fully saturated rings. The summed E-state index contributed by atoms with van der Waals surface area (Å²) in [5.41, 5.74) is 0.129. The standard InChI is InChI=1S/C11H14O5/c12-5-6-15-7-8-16-10-4-2-1-3-9(10)11(13)14/h1-4,12H,5-8H2,(H,13,14). The Hall–Kier alpha value is -1.59. The minimum atomic E-state index is -1.02. The van der Waals surface area contributed by atoms with Crippen molar-refractivity contribution in [2.45, 2.75) is 0 Å². The summed E-state index contributed by atoms with van der Waals surface area (Å²) in [6.45, 7) is 0.786. The van der Waals surface area contributed by atoms with E-state index in [1.54, 1.807) is 18.2 Å². The fraction of sp³-hybridized carbons (Fsp3) is 0.364. The van der Waals surface area contributed by atoms with Crippen molar-refractivity contribution in [3.63, 3.8) is 0 Å². The van der Waals surface area contributed by atoms with Gasteiger partial charge in [-0.1, -0.05) is 12.1 Å². The molecular formula is C11H14O5. The zero-order valence-electron chi connectivity index (χ0n) is 8.76. The van der Waals surface area contributed by atoms with E-state index < -0.39 is 5.97 Å². The van der Waals surface area contributed by atoms with Crippen molar-refractivity contribution in [1.29, 1.82) is 0 Å². The Morgan fingerprint density at radius 2 is 1.94 bits per heavy atom. The number of hydrogen-bond donors (Lipinski definition) is 2. The molecule has 1 rings (SSSR count). The highest BCUT2D eigenvalue weighted by molar-refractivity contribution is 5.90. The van der Waals surface area contributed by atoms with E-state index >= 15 is 0 Å². The number of aromatic carboxylic acids is 1. The van der Waals surface area contributed by atoms with Gasteiger partial charge in [0.1, 0.15) is 17.9 Å². The van der Waals surface area contributed by atoms with Crippen LogP contribution in [0.4, 0.5) is 0 Å². The second-order valence-corrected chi connectivity index (χ2v) is 2.99. The summed E-state index contributed by atoms with van der Waals surface area (Å²) >= 11 is 0. The predicted molar refractivity (Wildman–Crippen MR) is 56.8 cm³/mol. The molecule has 5 heteroatoms. The largest absolute Gasteiger partial charge is 0.490 e. The van der Waals surface area contributed by atoms with Crippen molar-refractivity contribution >= 4 is 5.97 Å². The average Bonchev–Trinajstić information content (AvgIpc) is 2.29. The molecule has 0 heterocycles. The maximum atomic E-state index is 10.8. The molecule has 0 aliphatic rings. The third-order valence-electron chi connectivity index (χ3n) is 1.84. The van der Waals surface area contributed by atoms with E-state index in [1.165, 1.54) is 6.07 Å². The lowest BCUT2D eigenvalue weighted by Crippen LogP contribution is -2.11. The van der Waals surface area contributed by atoms with Crippen LogP contribution < -0.4 is 4.74 Å².